The number of alkyl halides is 3. The summed E-state index contributed by atoms with van der Waals surface area (Å²) in [6.07, 6.45) is -4.78. The number of hydrogen-bond donors (Lipinski definition) is 1. The first-order chi connectivity index (χ1) is 6.79. The maximum absolute atomic E-state index is 13.0. The molecule has 0 radical (unpaired) electrons. The van der Waals surface area contributed by atoms with Crippen LogP contribution in [-0.2, 0) is 0 Å². The largest absolute Gasteiger partial charge is 0.573 e. The quantitative estimate of drug-likeness (QED) is 0.828. The van der Waals surface area contributed by atoms with Gasteiger partial charge in [0.2, 0.25) is 0 Å². The van der Waals surface area contributed by atoms with Crippen LogP contribution in [0.15, 0.2) is 18.2 Å². The van der Waals surface area contributed by atoms with Gasteiger partial charge in [0.05, 0.1) is 0 Å². The van der Waals surface area contributed by atoms with Crippen LogP contribution in [0.4, 0.5) is 17.6 Å². The molecule has 0 aliphatic carbocycles. The summed E-state index contributed by atoms with van der Waals surface area (Å²) in [5.41, 5.74) is 5.35. The van der Waals surface area contributed by atoms with E-state index < -0.39 is 24.0 Å². The molecule has 92 valence electrons. The fraction of sp³-hybridized carbons (Fsp3) is 0.333. The van der Waals surface area contributed by atoms with Crippen molar-refractivity contribution in [1.29, 1.82) is 0 Å². The van der Waals surface area contributed by atoms with E-state index in [1.165, 1.54) is 6.92 Å². The van der Waals surface area contributed by atoms with Gasteiger partial charge in [-0.2, -0.15) is 0 Å². The first kappa shape index (κ1) is 15.0. The van der Waals surface area contributed by atoms with E-state index >= 15 is 0 Å². The molecule has 0 bridgehead atoms. The van der Waals surface area contributed by atoms with Gasteiger partial charge in [-0.15, -0.1) is 25.6 Å². The molecule has 1 aromatic carbocycles. The summed E-state index contributed by atoms with van der Waals surface area (Å²) in [5, 5.41) is 0. The van der Waals surface area contributed by atoms with Gasteiger partial charge in [-0.3, -0.25) is 0 Å². The summed E-state index contributed by atoms with van der Waals surface area (Å²) in [7, 11) is 0. The van der Waals surface area contributed by atoms with Crippen LogP contribution in [-0.4, -0.2) is 6.36 Å². The highest BCUT2D eigenvalue weighted by molar-refractivity contribution is 5.85. The van der Waals surface area contributed by atoms with Crippen molar-refractivity contribution in [2.75, 3.05) is 0 Å². The van der Waals surface area contributed by atoms with E-state index in [0.717, 1.165) is 18.2 Å². The highest BCUT2D eigenvalue weighted by Crippen LogP contribution is 2.26. The van der Waals surface area contributed by atoms with E-state index in [1.807, 2.05) is 0 Å². The molecule has 2 N–H and O–H groups in total. The van der Waals surface area contributed by atoms with Crippen molar-refractivity contribution in [2.45, 2.75) is 19.3 Å². The van der Waals surface area contributed by atoms with Gasteiger partial charge in [0.1, 0.15) is 11.6 Å². The average molecular weight is 260 g/mol. The highest BCUT2D eigenvalue weighted by atomic mass is 35.5. The zero-order valence-electron chi connectivity index (χ0n) is 8.22. The lowest BCUT2D eigenvalue weighted by Crippen LogP contribution is -2.17. The lowest BCUT2D eigenvalue weighted by Gasteiger charge is -2.12. The minimum Gasteiger partial charge on any atom is -0.406 e. The number of nitrogens with two attached hydrogens (primary N) is 1. The summed E-state index contributed by atoms with van der Waals surface area (Å²) in [6, 6.07) is 2.03. The van der Waals surface area contributed by atoms with E-state index in [-0.39, 0.29) is 18.0 Å². The summed E-state index contributed by atoms with van der Waals surface area (Å²) in [6.45, 7) is 1.47. The topological polar surface area (TPSA) is 35.2 Å². The predicted octanol–water partition coefficient (Wildman–Crippen LogP) is 3.17. The third-order valence-corrected chi connectivity index (χ3v) is 1.69. The van der Waals surface area contributed by atoms with Crippen LogP contribution in [0.2, 0.25) is 0 Å². The van der Waals surface area contributed by atoms with E-state index in [1.54, 1.807) is 0 Å². The molecule has 0 heterocycles. The van der Waals surface area contributed by atoms with Gasteiger partial charge in [0.25, 0.3) is 0 Å². The van der Waals surface area contributed by atoms with Crippen LogP contribution >= 0.6 is 12.4 Å². The maximum atomic E-state index is 13.0. The van der Waals surface area contributed by atoms with Crippen molar-refractivity contribution in [3.63, 3.8) is 0 Å². The Bertz CT molecular complexity index is 354. The second kappa shape index (κ2) is 5.36. The first-order valence-electron chi connectivity index (χ1n) is 4.10. The molecular formula is C9H10ClF4NO. The van der Waals surface area contributed by atoms with Gasteiger partial charge in [0.15, 0.2) is 0 Å². The predicted molar refractivity (Wildman–Crippen MR) is 52.9 cm³/mol. The molecule has 1 atom stereocenters. The molecule has 0 aliphatic heterocycles. The molecule has 0 spiro atoms. The zero-order valence-corrected chi connectivity index (χ0v) is 9.03. The lowest BCUT2D eigenvalue weighted by atomic mass is 10.1. The van der Waals surface area contributed by atoms with Crippen molar-refractivity contribution in [3.05, 3.63) is 29.6 Å². The minimum atomic E-state index is -4.78. The summed E-state index contributed by atoms with van der Waals surface area (Å²) < 4.78 is 52.1. The summed E-state index contributed by atoms with van der Waals surface area (Å²) >= 11 is 0. The second-order valence-electron chi connectivity index (χ2n) is 3.02. The van der Waals surface area contributed by atoms with Crippen molar-refractivity contribution in [3.8, 4) is 5.75 Å². The standard InChI is InChI=1S/C9H9F4NO.ClH/c1-5(14)7-4-6(2-3-8(7)10)15-9(11,12)13;/h2-5H,14H2,1H3;1H/t5-;/m0./s1. The summed E-state index contributed by atoms with van der Waals surface area (Å²) in [5.74, 6) is -1.13. The van der Waals surface area contributed by atoms with Crippen LogP contribution in [0.3, 0.4) is 0 Å². The molecule has 7 heteroatoms. The molecule has 1 rings (SSSR count). The molecule has 0 aliphatic rings. The zero-order chi connectivity index (χ0) is 11.6. The molecule has 0 fully saturated rings. The molecular weight excluding hydrogens is 250 g/mol. The number of rotatable bonds is 2. The average Bonchev–Trinajstić information content (AvgIpc) is 2.05. The maximum Gasteiger partial charge on any atom is 0.573 e. The fourth-order valence-electron chi connectivity index (χ4n) is 1.07. The van der Waals surface area contributed by atoms with Gasteiger partial charge in [0, 0.05) is 11.6 Å². The van der Waals surface area contributed by atoms with Crippen LogP contribution in [0, 0.1) is 5.82 Å². The van der Waals surface area contributed by atoms with Crippen LogP contribution in [0.1, 0.15) is 18.5 Å². The number of ether oxygens (including phenoxy) is 1. The summed E-state index contributed by atoms with van der Waals surface area (Å²) in [4.78, 5) is 0. The third kappa shape index (κ3) is 4.24. The molecule has 0 unspecified atom stereocenters. The molecule has 16 heavy (non-hydrogen) atoms. The van der Waals surface area contributed by atoms with Crippen LogP contribution in [0.25, 0.3) is 0 Å². The fourth-order valence-corrected chi connectivity index (χ4v) is 1.07. The first-order valence-corrected chi connectivity index (χ1v) is 4.10. The Hall–Kier alpha value is -1.01. The monoisotopic (exact) mass is 259 g/mol. The SMILES string of the molecule is C[C@H](N)c1cc(OC(F)(F)F)ccc1F.Cl. The molecule has 0 saturated carbocycles. The number of benzene rings is 1. The lowest BCUT2D eigenvalue weighted by molar-refractivity contribution is -0.274. The van der Waals surface area contributed by atoms with Crippen molar-refractivity contribution < 1.29 is 22.3 Å². The van der Waals surface area contributed by atoms with Gasteiger partial charge < -0.3 is 10.5 Å². The Morgan fingerprint density at radius 1 is 1.31 bits per heavy atom. The van der Waals surface area contributed by atoms with Gasteiger partial charge in [-0.25, -0.2) is 4.39 Å². The van der Waals surface area contributed by atoms with Crippen molar-refractivity contribution in [1.82, 2.24) is 0 Å². The number of halogens is 5. The molecule has 2 nitrogen and oxygen atoms in total. The molecule has 0 aromatic heterocycles. The Morgan fingerprint density at radius 3 is 2.31 bits per heavy atom. The van der Waals surface area contributed by atoms with Crippen LogP contribution in [0.5, 0.6) is 5.75 Å². The highest BCUT2D eigenvalue weighted by Gasteiger charge is 2.31. The Kier molecular flexibility index (Phi) is 5.02. The molecule has 1 aromatic rings. The van der Waals surface area contributed by atoms with Crippen molar-refractivity contribution in [2.24, 2.45) is 5.73 Å². The van der Waals surface area contributed by atoms with Gasteiger partial charge in [-0.1, -0.05) is 0 Å². The minimum absolute atomic E-state index is 0. The Morgan fingerprint density at radius 2 is 1.88 bits per heavy atom. The molecule has 0 amide bonds. The Labute approximate surface area is 95.8 Å². The van der Waals surface area contributed by atoms with Gasteiger partial charge in [-0.05, 0) is 25.1 Å². The normalized spacial score (nSPS) is 12.9. The Balaban J connectivity index is 0.00000225. The van der Waals surface area contributed by atoms with Crippen molar-refractivity contribution >= 4 is 12.4 Å². The molecule has 0 saturated heterocycles. The van der Waals surface area contributed by atoms with Gasteiger partial charge >= 0.3 is 6.36 Å². The van der Waals surface area contributed by atoms with E-state index in [0.29, 0.717) is 0 Å². The van der Waals surface area contributed by atoms with E-state index in [2.05, 4.69) is 4.74 Å². The van der Waals surface area contributed by atoms with Crippen LogP contribution < -0.4 is 10.5 Å². The van der Waals surface area contributed by atoms with E-state index in [4.69, 9.17) is 5.73 Å². The smallest absolute Gasteiger partial charge is 0.406 e. The second-order valence-corrected chi connectivity index (χ2v) is 3.02. The number of hydrogen-bond acceptors (Lipinski definition) is 2. The third-order valence-electron chi connectivity index (χ3n) is 1.69. The van der Waals surface area contributed by atoms with E-state index in [9.17, 15) is 17.6 Å².